The van der Waals surface area contributed by atoms with E-state index >= 15 is 0 Å². The number of furan rings is 1. The minimum absolute atomic E-state index is 0.0229. The molecule has 0 fully saturated rings. The van der Waals surface area contributed by atoms with Gasteiger partial charge in [-0.15, -0.1) is 0 Å². The van der Waals surface area contributed by atoms with E-state index in [9.17, 15) is 40.9 Å². The number of benzene rings is 9. The minimum atomic E-state index is -1.03. The van der Waals surface area contributed by atoms with Crippen LogP contribution in [-0.4, -0.2) is 40.9 Å². The van der Waals surface area contributed by atoms with Crippen molar-refractivity contribution in [3.8, 4) is 79.4 Å². The molecule has 0 aliphatic carbocycles. The monoisotopic (exact) mass is 724 g/mol. The zero-order chi connectivity index (χ0) is 37.9. The maximum Gasteiger partial charge on any atom is 0.204 e. The molecular formula is C46H28O9. The summed E-state index contributed by atoms with van der Waals surface area (Å²) in [6.45, 7) is 0. The highest BCUT2D eigenvalue weighted by molar-refractivity contribution is 6.29. The lowest BCUT2D eigenvalue weighted by Crippen LogP contribution is -1.95. The molecule has 0 spiro atoms. The molecule has 0 amide bonds. The summed E-state index contributed by atoms with van der Waals surface area (Å²) in [5.74, 6) is -7.49. The highest BCUT2D eigenvalue weighted by Crippen LogP contribution is 2.62. The molecule has 0 aliphatic heterocycles. The summed E-state index contributed by atoms with van der Waals surface area (Å²) < 4.78 is 6.20. The molecule has 0 bridgehead atoms. The normalized spacial score (nSPS) is 11.9. The molecule has 10 aromatic rings. The number of aromatic hydroxyl groups is 8. The zero-order valence-corrected chi connectivity index (χ0v) is 28.5. The van der Waals surface area contributed by atoms with Crippen LogP contribution in [0.15, 0.2) is 126 Å². The predicted octanol–water partition coefficient (Wildman–Crippen LogP) is 10.8. The highest BCUT2D eigenvalue weighted by atomic mass is 16.4. The van der Waals surface area contributed by atoms with Crippen LogP contribution in [0.3, 0.4) is 0 Å². The van der Waals surface area contributed by atoms with Crippen LogP contribution in [0.4, 0.5) is 0 Å². The second-order valence-electron chi connectivity index (χ2n) is 13.6. The van der Waals surface area contributed by atoms with Crippen molar-refractivity contribution in [3.05, 3.63) is 121 Å². The van der Waals surface area contributed by atoms with Gasteiger partial charge in [-0.05, 0) is 62.0 Å². The lowest BCUT2D eigenvalue weighted by molar-refractivity contribution is 0.350. The summed E-state index contributed by atoms with van der Waals surface area (Å²) in [6, 6.07) is 37.5. The van der Waals surface area contributed by atoms with Crippen molar-refractivity contribution in [1.29, 1.82) is 0 Å². The molecule has 8 N–H and O–H groups in total. The minimum Gasteiger partial charge on any atom is -0.504 e. The van der Waals surface area contributed by atoms with Crippen LogP contribution in [-0.2, 0) is 0 Å². The topological polar surface area (TPSA) is 175 Å². The van der Waals surface area contributed by atoms with Gasteiger partial charge in [0.15, 0.2) is 23.0 Å². The molecule has 9 aromatic carbocycles. The summed E-state index contributed by atoms with van der Waals surface area (Å²) >= 11 is 0. The number of rotatable bonds is 3. The quantitative estimate of drug-likeness (QED) is 0.0501. The Morgan fingerprint density at radius 1 is 0.309 bits per heavy atom. The standard InChI is InChI=1S/C46H28O9/c47-39-35-32(24-14-12-23(13-15-24)27-11-5-8-21-6-1-3-9-26(21)27)36-38(42(50)46(54)44(52)40(36)48)33(37(35)41(49)45(53)43(39)51)25-17-18-30-29(20-25)34-28-10-4-2-7-22(28)16-19-31(34)55-30/h1-20,47-54H. The number of phenolic OH excluding ortho intramolecular Hbond substituents is 8. The van der Waals surface area contributed by atoms with Crippen LogP contribution in [0, 0.1) is 0 Å². The molecule has 9 nitrogen and oxygen atoms in total. The molecule has 9 heteroatoms. The van der Waals surface area contributed by atoms with Crippen molar-refractivity contribution in [2.75, 3.05) is 0 Å². The van der Waals surface area contributed by atoms with E-state index in [1.54, 1.807) is 30.3 Å². The van der Waals surface area contributed by atoms with Crippen LogP contribution in [0.1, 0.15) is 0 Å². The van der Waals surface area contributed by atoms with E-state index in [1.165, 1.54) is 0 Å². The van der Waals surface area contributed by atoms with E-state index in [2.05, 4.69) is 0 Å². The first-order chi connectivity index (χ1) is 26.6. The van der Waals surface area contributed by atoms with Crippen molar-refractivity contribution in [2.24, 2.45) is 0 Å². The highest BCUT2D eigenvalue weighted by Gasteiger charge is 2.32. The Morgan fingerprint density at radius 2 is 0.764 bits per heavy atom. The molecule has 266 valence electrons. The third-order valence-corrected chi connectivity index (χ3v) is 10.7. The van der Waals surface area contributed by atoms with Crippen molar-refractivity contribution in [2.45, 2.75) is 0 Å². The SMILES string of the molecule is Oc1c(O)c(O)c2c(-c3ccc4oc5ccc6ccccc6c5c4c3)c3c(O)c(O)c(O)c(O)c3c(-c3ccc(-c4cccc5ccccc45)cc3)c2c1O. The number of hydrogen-bond donors (Lipinski definition) is 8. The Hall–Kier alpha value is -7.78. The Labute approximate surface area is 310 Å². The van der Waals surface area contributed by atoms with Gasteiger partial charge in [-0.1, -0.05) is 103 Å². The molecule has 0 atom stereocenters. The Balaban J connectivity index is 1.35. The van der Waals surface area contributed by atoms with E-state index in [1.807, 2.05) is 91.0 Å². The lowest BCUT2D eigenvalue weighted by atomic mass is 9.83. The Kier molecular flexibility index (Phi) is 6.59. The Morgan fingerprint density at radius 3 is 1.36 bits per heavy atom. The van der Waals surface area contributed by atoms with Gasteiger partial charge >= 0.3 is 0 Å². The van der Waals surface area contributed by atoms with Crippen molar-refractivity contribution >= 4 is 65.0 Å². The van der Waals surface area contributed by atoms with Crippen molar-refractivity contribution < 1.29 is 45.3 Å². The number of phenols is 8. The average Bonchev–Trinajstić information content (AvgIpc) is 3.61. The molecule has 0 radical (unpaired) electrons. The lowest BCUT2D eigenvalue weighted by Gasteiger charge is -2.22. The van der Waals surface area contributed by atoms with Gasteiger partial charge in [-0.3, -0.25) is 0 Å². The van der Waals surface area contributed by atoms with E-state index in [0.717, 1.165) is 38.1 Å². The summed E-state index contributed by atoms with van der Waals surface area (Å²) in [5.41, 5.74) is 3.47. The van der Waals surface area contributed by atoms with Crippen molar-refractivity contribution in [1.82, 2.24) is 0 Å². The molecule has 10 rings (SSSR count). The predicted molar refractivity (Wildman–Crippen MR) is 213 cm³/mol. The molecular weight excluding hydrogens is 696 g/mol. The first-order valence-corrected chi connectivity index (χ1v) is 17.3. The van der Waals surface area contributed by atoms with Gasteiger partial charge in [-0.25, -0.2) is 0 Å². The summed E-state index contributed by atoms with van der Waals surface area (Å²) in [4.78, 5) is 0. The number of hydrogen-bond acceptors (Lipinski definition) is 9. The van der Waals surface area contributed by atoms with Gasteiger partial charge in [-0.2, -0.15) is 0 Å². The van der Waals surface area contributed by atoms with E-state index in [0.29, 0.717) is 27.7 Å². The number of fused-ring (bicyclic) bond motifs is 8. The van der Waals surface area contributed by atoms with Crippen LogP contribution in [0.25, 0.3) is 98.4 Å². The third kappa shape index (κ3) is 4.35. The summed E-state index contributed by atoms with van der Waals surface area (Å²) in [5, 5.41) is 95.2. The fourth-order valence-corrected chi connectivity index (χ4v) is 8.19. The van der Waals surface area contributed by atoms with Gasteiger partial charge in [0.1, 0.15) is 11.2 Å². The van der Waals surface area contributed by atoms with Crippen LogP contribution >= 0.6 is 0 Å². The van der Waals surface area contributed by atoms with Crippen LogP contribution in [0.5, 0.6) is 46.0 Å². The molecule has 0 saturated heterocycles. The third-order valence-electron chi connectivity index (χ3n) is 10.7. The maximum atomic E-state index is 11.7. The van der Waals surface area contributed by atoms with Gasteiger partial charge < -0.3 is 45.3 Å². The van der Waals surface area contributed by atoms with E-state index in [4.69, 9.17) is 4.42 Å². The summed E-state index contributed by atoms with van der Waals surface area (Å²) in [7, 11) is 0. The largest absolute Gasteiger partial charge is 0.504 e. The Bertz CT molecular complexity index is 3200. The van der Waals surface area contributed by atoms with Crippen LogP contribution < -0.4 is 0 Å². The van der Waals surface area contributed by atoms with Gasteiger partial charge in [0.05, 0.1) is 0 Å². The zero-order valence-electron chi connectivity index (χ0n) is 28.5. The van der Waals surface area contributed by atoms with Crippen molar-refractivity contribution in [3.63, 3.8) is 0 Å². The molecule has 1 aromatic heterocycles. The van der Waals surface area contributed by atoms with Gasteiger partial charge in [0, 0.05) is 43.4 Å². The molecule has 0 saturated carbocycles. The average molecular weight is 725 g/mol. The fraction of sp³-hybridized carbons (Fsp3) is 0. The second-order valence-corrected chi connectivity index (χ2v) is 13.6. The molecule has 1 heterocycles. The molecule has 0 unspecified atom stereocenters. The van der Waals surface area contributed by atoms with E-state index in [-0.39, 0.29) is 32.7 Å². The van der Waals surface area contributed by atoms with E-state index < -0.39 is 46.0 Å². The van der Waals surface area contributed by atoms with Crippen LogP contribution in [0.2, 0.25) is 0 Å². The second kappa shape index (κ2) is 11.4. The first kappa shape index (κ1) is 31.9. The smallest absolute Gasteiger partial charge is 0.204 e. The fourth-order valence-electron chi connectivity index (χ4n) is 8.19. The molecule has 0 aliphatic rings. The van der Waals surface area contributed by atoms with Gasteiger partial charge in [0.25, 0.3) is 0 Å². The first-order valence-electron chi connectivity index (χ1n) is 17.3. The molecule has 55 heavy (non-hydrogen) atoms. The maximum absolute atomic E-state index is 11.7. The van der Waals surface area contributed by atoms with Gasteiger partial charge in [0.2, 0.25) is 23.0 Å². The summed E-state index contributed by atoms with van der Waals surface area (Å²) in [6.07, 6.45) is 0.